The molecule has 0 spiro atoms. The molecule has 2 heterocycles. The van der Waals surface area contributed by atoms with Crippen molar-refractivity contribution in [1.29, 1.82) is 0 Å². The van der Waals surface area contributed by atoms with Gasteiger partial charge in [0, 0.05) is 19.5 Å². The molecule has 0 saturated carbocycles. The van der Waals surface area contributed by atoms with E-state index in [1.54, 1.807) is 4.90 Å². The molecule has 1 aromatic rings. The monoisotopic (exact) mass is 258 g/mol. The van der Waals surface area contributed by atoms with E-state index in [1.807, 2.05) is 23.1 Å². The highest BCUT2D eigenvalue weighted by Gasteiger charge is 2.34. The van der Waals surface area contributed by atoms with Crippen LogP contribution in [0.2, 0.25) is 0 Å². The topological polar surface area (TPSA) is 40.6 Å². The molecule has 3 rings (SSSR count). The summed E-state index contributed by atoms with van der Waals surface area (Å²) in [7, 11) is 0. The summed E-state index contributed by atoms with van der Waals surface area (Å²) in [6.45, 7) is 1.79. The fraction of sp³-hybridized carbons (Fsp3) is 0.467. The Balaban J connectivity index is 1.63. The Morgan fingerprint density at radius 3 is 2.58 bits per heavy atom. The van der Waals surface area contributed by atoms with Crippen molar-refractivity contribution < 1.29 is 9.59 Å². The van der Waals surface area contributed by atoms with Crippen molar-refractivity contribution in [3.63, 3.8) is 0 Å². The number of hydrogen-bond donors (Lipinski definition) is 0. The van der Waals surface area contributed by atoms with E-state index < -0.39 is 0 Å². The Labute approximate surface area is 113 Å². The predicted octanol–water partition coefficient (Wildman–Crippen LogP) is 1.58. The van der Waals surface area contributed by atoms with Crippen LogP contribution in [0.3, 0.4) is 0 Å². The van der Waals surface area contributed by atoms with Gasteiger partial charge in [-0.3, -0.25) is 9.59 Å². The molecule has 2 fully saturated rings. The lowest BCUT2D eigenvalue weighted by Crippen LogP contribution is -2.49. The van der Waals surface area contributed by atoms with Gasteiger partial charge < -0.3 is 9.80 Å². The van der Waals surface area contributed by atoms with E-state index in [-0.39, 0.29) is 24.4 Å². The minimum Gasteiger partial charge on any atom is -0.334 e. The molecule has 0 aromatic heterocycles. The zero-order chi connectivity index (χ0) is 13.2. The average Bonchev–Trinajstić information content (AvgIpc) is 2.75. The highest BCUT2D eigenvalue weighted by Crippen LogP contribution is 2.33. The molecular formula is C15H18N2O2. The molecule has 0 radical (unpaired) electrons. The predicted molar refractivity (Wildman–Crippen MR) is 71.3 cm³/mol. The number of hydrogen-bond acceptors (Lipinski definition) is 2. The maximum absolute atomic E-state index is 12.2. The van der Waals surface area contributed by atoms with Gasteiger partial charge in [0.05, 0.1) is 12.6 Å². The lowest BCUT2D eigenvalue weighted by Gasteiger charge is -2.42. The third kappa shape index (κ3) is 2.35. The third-order valence-corrected chi connectivity index (χ3v) is 4.02. The smallest absolute Gasteiger partial charge is 0.242 e. The normalized spacial score (nSPS) is 22.5. The number of rotatable bonds is 3. The molecule has 19 heavy (non-hydrogen) atoms. The zero-order valence-corrected chi connectivity index (χ0v) is 10.9. The van der Waals surface area contributed by atoms with Gasteiger partial charge in [0.25, 0.3) is 0 Å². The molecule has 100 valence electrons. The fourth-order valence-corrected chi connectivity index (χ4v) is 2.83. The van der Waals surface area contributed by atoms with Gasteiger partial charge in [-0.15, -0.1) is 0 Å². The third-order valence-electron chi connectivity index (χ3n) is 4.02. The summed E-state index contributed by atoms with van der Waals surface area (Å²) >= 11 is 0. The lowest BCUT2D eigenvalue weighted by atomic mass is 9.94. The van der Waals surface area contributed by atoms with E-state index in [1.165, 1.54) is 5.56 Å². The zero-order valence-electron chi connectivity index (χ0n) is 10.9. The molecule has 0 aliphatic carbocycles. The summed E-state index contributed by atoms with van der Waals surface area (Å²) in [5, 5.41) is 0. The van der Waals surface area contributed by atoms with Crippen LogP contribution >= 0.6 is 0 Å². The van der Waals surface area contributed by atoms with Gasteiger partial charge >= 0.3 is 0 Å². The average molecular weight is 258 g/mol. The number of amides is 2. The maximum Gasteiger partial charge on any atom is 0.242 e. The summed E-state index contributed by atoms with van der Waals surface area (Å²) in [6, 6.07) is 10.3. The van der Waals surface area contributed by atoms with Gasteiger partial charge in [-0.05, 0) is 18.4 Å². The van der Waals surface area contributed by atoms with Crippen LogP contribution in [-0.2, 0) is 9.59 Å². The number of benzene rings is 1. The Morgan fingerprint density at radius 2 is 2.00 bits per heavy atom. The van der Waals surface area contributed by atoms with Gasteiger partial charge in [-0.2, -0.15) is 0 Å². The van der Waals surface area contributed by atoms with Crippen molar-refractivity contribution in [2.75, 3.05) is 19.6 Å². The SMILES string of the molecule is O=C1CCCN1CC(=O)N1CCC1c1ccccc1. The molecule has 1 atom stereocenters. The van der Waals surface area contributed by atoms with E-state index >= 15 is 0 Å². The van der Waals surface area contributed by atoms with Crippen LogP contribution in [0.5, 0.6) is 0 Å². The number of nitrogens with zero attached hydrogens (tertiary/aromatic N) is 2. The quantitative estimate of drug-likeness (QED) is 0.826. The number of likely N-dealkylation sites (tertiary alicyclic amines) is 2. The molecule has 1 unspecified atom stereocenters. The summed E-state index contributed by atoms with van der Waals surface area (Å²) in [6.07, 6.45) is 2.49. The minimum absolute atomic E-state index is 0.0790. The van der Waals surface area contributed by atoms with Crippen LogP contribution in [0.25, 0.3) is 0 Å². The molecule has 0 N–H and O–H groups in total. The molecule has 1 aromatic carbocycles. The second kappa shape index (κ2) is 5.03. The minimum atomic E-state index is 0.0790. The van der Waals surface area contributed by atoms with Gasteiger partial charge in [-0.25, -0.2) is 0 Å². The molecule has 2 saturated heterocycles. The molecular weight excluding hydrogens is 240 g/mol. The first-order valence-electron chi connectivity index (χ1n) is 6.88. The van der Waals surface area contributed by atoms with Crippen molar-refractivity contribution in [2.45, 2.75) is 25.3 Å². The highest BCUT2D eigenvalue weighted by molar-refractivity contribution is 5.86. The standard InChI is InChI=1S/C15H18N2O2/c18-14-7-4-9-16(14)11-15(19)17-10-8-13(17)12-5-2-1-3-6-12/h1-3,5-6,13H,4,7-11H2. The molecule has 2 aliphatic heterocycles. The van der Waals surface area contributed by atoms with Gasteiger partial charge in [0.1, 0.15) is 0 Å². The second-order valence-corrected chi connectivity index (χ2v) is 5.22. The maximum atomic E-state index is 12.2. The fourth-order valence-electron chi connectivity index (χ4n) is 2.83. The van der Waals surface area contributed by atoms with E-state index in [0.29, 0.717) is 6.42 Å². The highest BCUT2D eigenvalue weighted by atomic mass is 16.2. The van der Waals surface area contributed by atoms with Crippen LogP contribution in [0, 0.1) is 0 Å². The van der Waals surface area contributed by atoms with Crippen LogP contribution < -0.4 is 0 Å². The Hall–Kier alpha value is -1.84. The van der Waals surface area contributed by atoms with E-state index in [0.717, 1.165) is 25.9 Å². The first kappa shape index (κ1) is 12.2. The molecule has 4 heteroatoms. The summed E-state index contributed by atoms with van der Waals surface area (Å²) in [5.41, 5.74) is 1.19. The Bertz CT molecular complexity index is 486. The summed E-state index contributed by atoms with van der Waals surface area (Å²) in [4.78, 5) is 27.4. The molecule has 2 aliphatic rings. The van der Waals surface area contributed by atoms with Crippen LogP contribution in [-0.4, -0.2) is 41.2 Å². The van der Waals surface area contributed by atoms with Gasteiger partial charge in [0.15, 0.2) is 0 Å². The Morgan fingerprint density at radius 1 is 1.21 bits per heavy atom. The van der Waals surface area contributed by atoms with Crippen molar-refractivity contribution in [2.24, 2.45) is 0 Å². The summed E-state index contributed by atoms with van der Waals surface area (Å²) < 4.78 is 0. The van der Waals surface area contributed by atoms with Crippen molar-refractivity contribution in [3.8, 4) is 0 Å². The summed E-state index contributed by atoms with van der Waals surface area (Å²) in [5.74, 6) is 0.195. The van der Waals surface area contributed by atoms with E-state index in [9.17, 15) is 9.59 Å². The van der Waals surface area contributed by atoms with Gasteiger partial charge in [-0.1, -0.05) is 30.3 Å². The van der Waals surface area contributed by atoms with Crippen molar-refractivity contribution in [3.05, 3.63) is 35.9 Å². The van der Waals surface area contributed by atoms with E-state index in [2.05, 4.69) is 12.1 Å². The lowest BCUT2D eigenvalue weighted by molar-refractivity contribution is -0.144. The van der Waals surface area contributed by atoms with Crippen molar-refractivity contribution in [1.82, 2.24) is 9.80 Å². The van der Waals surface area contributed by atoms with Crippen molar-refractivity contribution >= 4 is 11.8 Å². The number of carbonyl (C=O) groups excluding carboxylic acids is 2. The van der Waals surface area contributed by atoms with Crippen LogP contribution in [0.1, 0.15) is 30.9 Å². The molecule has 0 bridgehead atoms. The first-order valence-corrected chi connectivity index (χ1v) is 6.88. The Kier molecular flexibility index (Phi) is 3.23. The van der Waals surface area contributed by atoms with E-state index in [4.69, 9.17) is 0 Å². The number of carbonyl (C=O) groups is 2. The van der Waals surface area contributed by atoms with Gasteiger partial charge in [0.2, 0.25) is 11.8 Å². The molecule has 4 nitrogen and oxygen atoms in total. The van der Waals surface area contributed by atoms with Crippen LogP contribution in [0.4, 0.5) is 0 Å². The van der Waals surface area contributed by atoms with Crippen LogP contribution in [0.15, 0.2) is 30.3 Å². The first-order chi connectivity index (χ1) is 9.25. The largest absolute Gasteiger partial charge is 0.334 e. The second-order valence-electron chi connectivity index (χ2n) is 5.22. The molecule has 2 amide bonds.